The fourth-order valence-corrected chi connectivity index (χ4v) is 3.86. The summed E-state index contributed by atoms with van der Waals surface area (Å²) in [5.74, 6) is 1.01. The molecule has 1 unspecified atom stereocenters. The highest BCUT2D eigenvalue weighted by Gasteiger charge is 2.28. The fraction of sp³-hybridized carbons (Fsp3) is 0.481. The Bertz CT molecular complexity index is 819. The van der Waals surface area contributed by atoms with Crippen LogP contribution in [0.5, 0.6) is 5.75 Å². The van der Waals surface area contributed by atoms with Gasteiger partial charge in [0.15, 0.2) is 6.29 Å². The van der Waals surface area contributed by atoms with Crippen LogP contribution in [-0.2, 0) is 6.61 Å². The van der Waals surface area contributed by atoms with Gasteiger partial charge in [-0.15, -0.1) is 0 Å². The quantitative estimate of drug-likeness (QED) is 0.364. The molecule has 3 N–H and O–H groups in total. The normalized spacial score (nSPS) is 13.5. The molecule has 0 radical (unpaired) electrons. The zero-order valence-electron chi connectivity index (χ0n) is 19.3. The van der Waals surface area contributed by atoms with E-state index in [0.29, 0.717) is 12.2 Å². The third-order valence-electron chi connectivity index (χ3n) is 6.27. The van der Waals surface area contributed by atoms with Gasteiger partial charge in [0.1, 0.15) is 12.4 Å². The smallest absolute Gasteiger partial charge is 0.178 e. The summed E-state index contributed by atoms with van der Waals surface area (Å²) in [5, 5.41) is 29.2. The Morgan fingerprint density at radius 1 is 1.03 bits per heavy atom. The van der Waals surface area contributed by atoms with E-state index in [0.717, 1.165) is 49.0 Å². The number of benzene rings is 2. The highest BCUT2D eigenvalue weighted by Crippen LogP contribution is 2.31. The highest BCUT2D eigenvalue weighted by atomic mass is 16.5. The minimum atomic E-state index is -1.45. The molecule has 2 aromatic carbocycles. The molecule has 0 saturated carbocycles. The maximum absolute atomic E-state index is 10.8. The van der Waals surface area contributed by atoms with Crippen molar-refractivity contribution in [1.29, 1.82) is 0 Å². The van der Waals surface area contributed by atoms with E-state index in [4.69, 9.17) is 4.74 Å². The van der Waals surface area contributed by atoms with E-state index in [1.165, 1.54) is 5.57 Å². The number of hydrogen-bond acceptors (Lipinski definition) is 4. The van der Waals surface area contributed by atoms with Gasteiger partial charge < -0.3 is 20.1 Å². The van der Waals surface area contributed by atoms with Crippen molar-refractivity contribution in [2.75, 3.05) is 0 Å². The topological polar surface area (TPSA) is 69.9 Å². The van der Waals surface area contributed by atoms with Gasteiger partial charge >= 0.3 is 0 Å². The molecule has 4 nitrogen and oxygen atoms in total. The van der Waals surface area contributed by atoms with Crippen LogP contribution in [0.2, 0.25) is 0 Å². The summed E-state index contributed by atoms with van der Waals surface area (Å²) in [6.07, 6.45) is 5.25. The molecule has 0 aliphatic carbocycles. The van der Waals surface area contributed by atoms with Gasteiger partial charge in [0.2, 0.25) is 0 Å². The fourth-order valence-electron chi connectivity index (χ4n) is 3.86. The highest BCUT2D eigenvalue weighted by molar-refractivity contribution is 5.66. The molecule has 0 spiro atoms. The van der Waals surface area contributed by atoms with E-state index < -0.39 is 11.9 Å². The first-order chi connectivity index (χ1) is 14.8. The predicted octanol–water partition coefficient (Wildman–Crippen LogP) is 6.01. The molecular formula is C27H38O4. The lowest BCUT2D eigenvalue weighted by Gasteiger charge is -2.32. The molecule has 0 amide bonds. The second-order valence-electron chi connectivity index (χ2n) is 8.36. The first-order valence-corrected chi connectivity index (χ1v) is 11.4. The Balaban J connectivity index is 2.10. The van der Waals surface area contributed by atoms with Crippen molar-refractivity contribution >= 4 is 5.57 Å². The number of ether oxygens (including phenoxy) is 1. The van der Waals surface area contributed by atoms with Crippen molar-refractivity contribution < 1.29 is 20.1 Å². The monoisotopic (exact) mass is 426 g/mol. The van der Waals surface area contributed by atoms with Crippen molar-refractivity contribution in [2.24, 2.45) is 5.92 Å². The molecule has 0 heterocycles. The van der Waals surface area contributed by atoms with Crippen LogP contribution in [-0.4, -0.2) is 20.9 Å². The van der Waals surface area contributed by atoms with Gasteiger partial charge in [0.25, 0.3) is 0 Å². The zero-order chi connectivity index (χ0) is 22.9. The van der Waals surface area contributed by atoms with Crippen LogP contribution < -0.4 is 4.74 Å². The summed E-state index contributed by atoms with van der Waals surface area (Å²) in [6.45, 7) is 8.83. The van der Waals surface area contributed by atoms with Crippen LogP contribution in [0.3, 0.4) is 0 Å². The molecule has 4 heteroatoms. The molecule has 0 fully saturated rings. The van der Waals surface area contributed by atoms with Gasteiger partial charge in [-0.2, -0.15) is 0 Å². The predicted molar refractivity (Wildman–Crippen MR) is 127 cm³/mol. The Morgan fingerprint density at radius 3 is 2.29 bits per heavy atom. The number of hydrogen-bond donors (Lipinski definition) is 3. The Labute approximate surface area is 187 Å². The minimum Gasteiger partial charge on any atom is -0.489 e. The van der Waals surface area contributed by atoms with Crippen molar-refractivity contribution in [3.8, 4) is 5.75 Å². The first kappa shape index (κ1) is 25.1. The molecule has 0 saturated heterocycles. The van der Waals surface area contributed by atoms with E-state index in [1.54, 1.807) is 12.1 Å². The molecule has 1 atom stereocenters. The summed E-state index contributed by atoms with van der Waals surface area (Å²) in [7, 11) is 0. The summed E-state index contributed by atoms with van der Waals surface area (Å²) >= 11 is 0. The Kier molecular flexibility index (Phi) is 9.76. The van der Waals surface area contributed by atoms with Crippen molar-refractivity contribution in [1.82, 2.24) is 0 Å². The molecule has 2 aromatic rings. The molecule has 31 heavy (non-hydrogen) atoms. The lowest BCUT2D eigenvalue weighted by atomic mass is 9.81. The average Bonchev–Trinajstić information content (AvgIpc) is 2.80. The van der Waals surface area contributed by atoms with Crippen LogP contribution in [0.15, 0.2) is 54.6 Å². The van der Waals surface area contributed by atoms with E-state index in [1.807, 2.05) is 24.3 Å². The van der Waals surface area contributed by atoms with Gasteiger partial charge in [-0.25, -0.2) is 0 Å². The lowest BCUT2D eigenvalue weighted by molar-refractivity contribution is -0.0425. The van der Waals surface area contributed by atoms with E-state index in [2.05, 4.69) is 45.9 Å². The van der Waals surface area contributed by atoms with Crippen molar-refractivity contribution in [3.05, 3.63) is 71.3 Å². The molecular weight excluding hydrogens is 388 g/mol. The largest absolute Gasteiger partial charge is 0.489 e. The summed E-state index contributed by atoms with van der Waals surface area (Å²) in [5.41, 5.74) is 3.26. The maximum atomic E-state index is 10.8. The Hall–Kier alpha value is -2.14. The van der Waals surface area contributed by atoms with Crippen LogP contribution in [0, 0.1) is 5.92 Å². The third kappa shape index (κ3) is 7.20. The Morgan fingerprint density at radius 2 is 1.71 bits per heavy atom. The minimum absolute atomic E-state index is 0.203. The van der Waals surface area contributed by atoms with Gasteiger partial charge in [-0.1, -0.05) is 76.6 Å². The second kappa shape index (κ2) is 12.0. The first-order valence-electron chi connectivity index (χ1n) is 11.4. The third-order valence-corrected chi connectivity index (χ3v) is 6.27. The van der Waals surface area contributed by atoms with E-state index in [-0.39, 0.29) is 5.92 Å². The van der Waals surface area contributed by atoms with E-state index in [9.17, 15) is 15.3 Å². The van der Waals surface area contributed by atoms with Crippen LogP contribution in [0.1, 0.15) is 82.8 Å². The molecule has 0 aliphatic heterocycles. The number of aliphatic hydroxyl groups excluding tert-OH is 1. The number of allylic oxidation sites excluding steroid dienone is 2. The summed E-state index contributed by atoms with van der Waals surface area (Å²) in [4.78, 5) is 0. The standard InChI is InChI=1S/C27H38O4/c1-5-9-22(15-12-20(4)27(30,6-2)7-3)24-10-8-11-25(18-24)31-19-21-13-16-23(17-14-21)26(28)29/h8,10-11,13-18,20,26,28-30H,5-7,9,12,19H2,1-4H3. The second-order valence-corrected chi connectivity index (χ2v) is 8.36. The molecule has 0 bridgehead atoms. The lowest BCUT2D eigenvalue weighted by Crippen LogP contribution is -2.34. The van der Waals surface area contributed by atoms with Crippen molar-refractivity contribution in [3.63, 3.8) is 0 Å². The van der Waals surface area contributed by atoms with Crippen LogP contribution in [0.25, 0.3) is 5.57 Å². The van der Waals surface area contributed by atoms with E-state index >= 15 is 0 Å². The molecule has 170 valence electrons. The van der Waals surface area contributed by atoms with Crippen molar-refractivity contribution in [2.45, 2.75) is 78.3 Å². The van der Waals surface area contributed by atoms with Crippen LogP contribution >= 0.6 is 0 Å². The van der Waals surface area contributed by atoms with Crippen LogP contribution in [0.4, 0.5) is 0 Å². The molecule has 0 aromatic heterocycles. The average molecular weight is 427 g/mol. The maximum Gasteiger partial charge on any atom is 0.178 e. The number of rotatable bonds is 12. The summed E-state index contributed by atoms with van der Waals surface area (Å²) in [6, 6.07) is 15.2. The zero-order valence-corrected chi connectivity index (χ0v) is 19.3. The number of aliphatic hydroxyl groups is 3. The van der Waals surface area contributed by atoms with Gasteiger partial charge in [0.05, 0.1) is 5.60 Å². The summed E-state index contributed by atoms with van der Waals surface area (Å²) < 4.78 is 5.98. The van der Waals surface area contributed by atoms with Gasteiger partial charge in [-0.3, -0.25) is 0 Å². The SMILES string of the molecule is CCCC(=CCC(C)C(O)(CC)CC)c1cccc(OCc2ccc(C(O)O)cc2)c1. The van der Waals surface area contributed by atoms with Gasteiger partial charge in [-0.05, 0) is 60.4 Å². The molecule has 2 rings (SSSR count). The van der Waals surface area contributed by atoms with Gasteiger partial charge in [0, 0.05) is 5.56 Å². The molecule has 0 aliphatic rings.